The van der Waals surface area contributed by atoms with Gasteiger partial charge in [0, 0.05) is 92.0 Å². The Morgan fingerprint density at radius 3 is 2.17 bits per heavy atom. The van der Waals surface area contributed by atoms with Crippen LogP contribution in [0.15, 0.2) is 103 Å². The molecule has 15 heteroatoms. The Balaban J connectivity index is 0.000000148. The molecule has 75 heavy (non-hydrogen) atoms. The van der Waals surface area contributed by atoms with Crippen molar-refractivity contribution in [1.29, 1.82) is 0 Å². The molecule has 11 rings (SSSR count). The van der Waals surface area contributed by atoms with Crippen molar-refractivity contribution in [2.75, 3.05) is 76.6 Å². The van der Waals surface area contributed by atoms with Gasteiger partial charge in [-0.3, -0.25) is 19.0 Å². The van der Waals surface area contributed by atoms with E-state index in [0.29, 0.717) is 57.6 Å². The van der Waals surface area contributed by atoms with E-state index in [1.54, 1.807) is 33.5 Å². The minimum atomic E-state index is -0.711. The van der Waals surface area contributed by atoms with Crippen LogP contribution in [0.5, 0.6) is 11.5 Å². The summed E-state index contributed by atoms with van der Waals surface area (Å²) in [6, 6.07) is 31.6. The zero-order chi connectivity index (χ0) is 54.1. The molecule has 8 atom stereocenters. The fourth-order valence-corrected chi connectivity index (χ4v) is 12.0. The first-order valence-electron chi connectivity index (χ1n) is 26.6. The number of hydrogen-bond donors (Lipinski definition) is 3. The molecular weight excluding hydrogens is 968 g/mol. The lowest BCUT2D eigenvalue weighted by Crippen LogP contribution is -2.63. The van der Waals surface area contributed by atoms with E-state index in [9.17, 15) is 24.3 Å². The van der Waals surface area contributed by atoms with Gasteiger partial charge in [0.15, 0.2) is 5.78 Å². The summed E-state index contributed by atoms with van der Waals surface area (Å²) in [7, 11) is 17.2. The van der Waals surface area contributed by atoms with Crippen LogP contribution in [0.4, 0.5) is 10.5 Å². The number of rotatable bonds is 10. The van der Waals surface area contributed by atoms with Crippen molar-refractivity contribution in [3.05, 3.63) is 125 Å². The maximum atomic E-state index is 12.6. The van der Waals surface area contributed by atoms with Crippen molar-refractivity contribution < 1.29 is 38.5 Å². The minimum Gasteiger partial charge on any atom is -0.497 e. The van der Waals surface area contributed by atoms with Gasteiger partial charge in [0.25, 0.3) is 0 Å². The Labute approximate surface area is 449 Å². The molecule has 404 valence electrons. The highest BCUT2D eigenvalue weighted by Gasteiger charge is 2.49. The molecule has 4 aliphatic heterocycles. The normalized spacial score (nSPS) is 25.9. The number of amides is 1. The molecule has 5 heterocycles. The first-order valence-corrected chi connectivity index (χ1v) is 27.0. The number of benzene rings is 4. The average Bonchev–Trinajstić information content (AvgIpc) is 3.83. The summed E-state index contributed by atoms with van der Waals surface area (Å²) in [5.74, 6) is 2.35. The van der Waals surface area contributed by atoms with Crippen LogP contribution in [0.3, 0.4) is 0 Å². The number of Topliss-reactive ketones (excluding diaryl/α,β-unsaturated/α-hetero) is 2. The minimum absolute atomic E-state index is 0.0356. The van der Waals surface area contributed by atoms with E-state index in [1.807, 2.05) is 98.0 Å². The molecule has 3 N–H and O–H groups in total. The third-order valence-electron chi connectivity index (χ3n) is 15.8. The Hall–Kier alpha value is -5.61. The van der Waals surface area contributed by atoms with Crippen LogP contribution in [-0.2, 0) is 25.5 Å². The van der Waals surface area contributed by atoms with Crippen molar-refractivity contribution in [2.45, 2.75) is 106 Å². The highest BCUT2D eigenvalue weighted by molar-refractivity contribution is 6.31. The third-order valence-corrected chi connectivity index (χ3v) is 16.1. The Morgan fingerprint density at radius 1 is 0.840 bits per heavy atom. The summed E-state index contributed by atoms with van der Waals surface area (Å²) in [4.78, 5) is 57.1. The van der Waals surface area contributed by atoms with Gasteiger partial charge in [-0.05, 0) is 107 Å². The third kappa shape index (κ3) is 13.7. The Kier molecular flexibility index (Phi) is 19.1. The number of para-hydroxylation sites is 1. The first kappa shape index (κ1) is 57.1. The van der Waals surface area contributed by atoms with Gasteiger partial charge in [0.05, 0.1) is 46.0 Å². The van der Waals surface area contributed by atoms with Crippen molar-refractivity contribution >= 4 is 51.8 Å². The summed E-state index contributed by atoms with van der Waals surface area (Å²) in [6.45, 7) is 1.52. The largest absolute Gasteiger partial charge is 0.497 e. The fourth-order valence-electron chi connectivity index (χ4n) is 11.7. The van der Waals surface area contributed by atoms with E-state index in [1.165, 1.54) is 11.3 Å². The summed E-state index contributed by atoms with van der Waals surface area (Å²) in [5.41, 5.74) is 3.30. The molecule has 1 amide bonds. The average molecular weight is 1050 g/mol. The summed E-state index contributed by atoms with van der Waals surface area (Å²) >= 11 is 6.20. The zero-order valence-electron chi connectivity index (χ0n) is 45.6. The molecule has 2 unspecified atom stereocenters. The molecule has 1 aromatic heterocycles. The maximum Gasteiger partial charge on any atom is 0.414 e. The molecule has 2 aliphatic carbocycles. The Morgan fingerprint density at radius 2 is 1.52 bits per heavy atom. The van der Waals surface area contributed by atoms with Crippen LogP contribution in [0, 0.1) is 11.8 Å². The number of ether oxygens (including phenoxy) is 3. The zero-order valence-corrected chi connectivity index (χ0v) is 46.3. The molecule has 6 aliphatic rings. The molecular formula is C60H80ClN6O8+. The smallest absolute Gasteiger partial charge is 0.414 e. The van der Waals surface area contributed by atoms with Crippen molar-refractivity contribution in [3.8, 4) is 11.5 Å². The molecule has 6 fully saturated rings. The molecule has 2 saturated carbocycles. The molecule has 4 saturated heterocycles. The number of nitrogens with one attached hydrogen (secondary N) is 2. The van der Waals surface area contributed by atoms with E-state index >= 15 is 0 Å². The number of piperidine rings is 4. The van der Waals surface area contributed by atoms with Crippen LogP contribution in [0.2, 0.25) is 5.02 Å². The van der Waals surface area contributed by atoms with Gasteiger partial charge in [-0.15, -0.1) is 0 Å². The second-order valence-electron chi connectivity index (χ2n) is 22.3. The summed E-state index contributed by atoms with van der Waals surface area (Å²) in [6.07, 6.45) is 12.7. The highest BCUT2D eigenvalue weighted by Crippen LogP contribution is 2.44. The number of fused-ring (bicyclic) bond motifs is 2. The molecule has 14 nitrogen and oxygen atoms in total. The number of aromatic amines is 1. The van der Waals surface area contributed by atoms with E-state index < -0.39 is 11.1 Å². The highest BCUT2D eigenvalue weighted by atomic mass is 35.5. The predicted molar refractivity (Wildman–Crippen MR) is 298 cm³/mol. The fraction of sp³-hybridized carbons (Fsp3) is 0.500. The van der Waals surface area contributed by atoms with Crippen LogP contribution in [0.1, 0.15) is 98.5 Å². The van der Waals surface area contributed by atoms with Gasteiger partial charge in [0.2, 0.25) is 0 Å². The lowest BCUT2D eigenvalue weighted by atomic mass is 9.71. The number of likely N-dealkylation sites (N-methyl/N-ethyl adjacent to an activating group) is 1. The summed E-state index contributed by atoms with van der Waals surface area (Å²) < 4.78 is 17.0. The van der Waals surface area contributed by atoms with E-state index in [0.717, 1.165) is 104 Å². The number of carbonyl (C=O) groups excluding carboxylic acids is 4. The number of aliphatic hydroxyl groups is 1. The van der Waals surface area contributed by atoms with Crippen molar-refractivity contribution in [1.82, 2.24) is 29.5 Å². The van der Waals surface area contributed by atoms with Crippen LogP contribution in [-0.4, -0.2) is 143 Å². The molecule has 4 bridgehead atoms. The predicted octanol–water partition coefficient (Wildman–Crippen LogP) is 10.00. The number of aromatic nitrogens is 1. The number of carbonyl (C=O) groups is 4. The second kappa shape index (κ2) is 25.0. The van der Waals surface area contributed by atoms with Crippen LogP contribution in [0.25, 0.3) is 10.9 Å². The quantitative estimate of drug-likeness (QED) is 0.0905. The van der Waals surface area contributed by atoms with Crippen molar-refractivity contribution in [3.63, 3.8) is 0 Å². The van der Waals surface area contributed by atoms with Crippen LogP contribution < -0.4 is 19.3 Å². The van der Waals surface area contributed by atoms with Gasteiger partial charge in [-0.2, -0.15) is 0 Å². The number of halogens is 1. The SMILES string of the molecule is CN(C)C(=O)Oc1cccc([N+](C)(C)C)c1.CNC1(c2ccccc2Cl)CCCCC1=O.COc1cccc([C@@]2(O)CCCC[C@@H]2CN(C)C)c1.O=C(O[C@@H]1C[C@@H]2C[C@@H]3C[C@H](C1)N2CC3=O)c1c[nH]c2ccccc12. The van der Waals surface area contributed by atoms with Crippen LogP contribution >= 0.6 is 11.6 Å². The molecule has 0 radical (unpaired) electrons. The van der Waals surface area contributed by atoms with E-state index in [2.05, 4.69) is 55.3 Å². The number of nitrogens with zero attached hydrogens (tertiary/aromatic N) is 4. The number of H-pyrrole nitrogens is 1. The standard InChI is InChI=1S/C19H20N2O3.C16H25NO2.C13H16ClNO.C12H19N2O2/c22-18-10-21-12-5-11(18)6-13(21)8-14(7-12)24-19(23)16-9-20-17-4-2-1-3-15(16)17;1-17(2)12-14-7-4-5-10-16(14,18)13-8-6-9-15(11-13)19-3;1-15-13(9-5-4-8-12(13)16)10-6-2-3-7-11(10)14;1-13(2)12(15)16-11-8-6-7-10(9-11)14(3,4)5/h1-4,9,11-14,20H,5-8,10H2;6,8-9,11,14,18H,4-5,7,10,12H2,1-3H3;2-3,6-7,15H,4-5,8-9H2,1H3;6-9H,1-5H3/q;;;+1/t11-,12+,13-,14-;14-,16+;;/m.1../s1. The molecule has 0 spiro atoms. The van der Waals surface area contributed by atoms with Gasteiger partial charge in [0.1, 0.15) is 34.6 Å². The molecule has 4 aromatic carbocycles. The monoisotopic (exact) mass is 1050 g/mol. The topological polar surface area (TPSA) is 154 Å². The van der Waals surface area contributed by atoms with E-state index in [-0.39, 0.29) is 29.9 Å². The second-order valence-corrected chi connectivity index (χ2v) is 22.7. The summed E-state index contributed by atoms with van der Waals surface area (Å²) in [5, 5.41) is 16.0. The number of ketones is 2. The number of methoxy groups -OCH3 is 1. The first-order chi connectivity index (χ1) is 35.8. The van der Waals surface area contributed by atoms with Gasteiger partial charge >= 0.3 is 12.1 Å². The van der Waals surface area contributed by atoms with Crippen molar-refractivity contribution in [2.24, 2.45) is 11.8 Å². The van der Waals surface area contributed by atoms with Gasteiger partial charge in [-0.1, -0.05) is 85.5 Å². The maximum absolute atomic E-state index is 12.6. The van der Waals surface area contributed by atoms with Gasteiger partial charge in [-0.25, -0.2) is 9.59 Å². The Bertz CT molecular complexity index is 2740. The number of quaternary nitrogens is 1. The number of hydrogen-bond acceptors (Lipinski definition) is 11. The number of esters is 1. The van der Waals surface area contributed by atoms with E-state index in [4.69, 9.17) is 25.8 Å². The van der Waals surface area contributed by atoms with Gasteiger partial charge < -0.3 is 39.4 Å². The molecule has 5 aromatic rings. The lowest BCUT2D eigenvalue weighted by molar-refractivity contribution is -0.145. The lowest BCUT2D eigenvalue weighted by Gasteiger charge is -2.54.